The number of likely N-dealkylation sites (tertiary alicyclic amines) is 2. The summed E-state index contributed by atoms with van der Waals surface area (Å²) in [5.74, 6) is -1.77. The summed E-state index contributed by atoms with van der Waals surface area (Å²) < 4.78 is 26.6. The molecule has 0 unspecified atom stereocenters. The summed E-state index contributed by atoms with van der Waals surface area (Å²) in [4.78, 5) is 28.9. The van der Waals surface area contributed by atoms with Crippen molar-refractivity contribution in [3.05, 3.63) is 35.4 Å². The Hall–Kier alpha value is -2.18. The number of hydrogen-bond donors (Lipinski definition) is 1. The van der Waals surface area contributed by atoms with Gasteiger partial charge in [-0.05, 0) is 43.4 Å². The predicted molar refractivity (Wildman–Crippen MR) is 97.9 cm³/mol. The summed E-state index contributed by atoms with van der Waals surface area (Å²) in [5.41, 5.74) is 0.0327. The van der Waals surface area contributed by atoms with Crippen LogP contribution in [0.1, 0.15) is 44.6 Å². The van der Waals surface area contributed by atoms with E-state index in [0.717, 1.165) is 37.8 Å². The molecule has 0 saturated carbocycles. The Balaban J connectivity index is 1.64. The smallest absolute Gasteiger partial charge is 0.317 e. The van der Waals surface area contributed by atoms with Crippen molar-refractivity contribution in [1.29, 1.82) is 0 Å². The SMILES string of the molecule is CCCCNC(=O)N1CC[C@]2(CCCN(Cc3ccc(F)c(F)c3)C2=O)C1. The van der Waals surface area contributed by atoms with Gasteiger partial charge in [0.05, 0.1) is 5.41 Å². The molecule has 0 bridgehead atoms. The number of halogens is 2. The van der Waals surface area contributed by atoms with Crippen molar-refractivity contribution in [1.82, 2.24) is 15.1 Å². The molecular formula is C20H27F2N3O2. The number of carbonyl (C=O) groups is 2. The first kappa shape index (κ1) is 19.6. The maximum Gasteiger partial charge on any atom is 0.317 e. The number of unbranched alkanes of at least 4 members (excludes halogenated alkanes) is 1. The van der Waals surface area contributed by atoms with E-state index < -0.39 is 17.0 Å². The van der Waals surface area contributed by atoms with Gasteiger partial charge in [-0.15, -0.1) is 0 Å². The normalized spacial score (nSPS) is 22.6. The van der Waals surface area contributed by atoms with Crippen molar-refractivity contribution in [3.63, 3.8) is 0 Å². The minimum absolute atomic E-state index is 0.0161. The van der Waals surface area contributed by atoms with Crippen LogP contribution >= 0.6 is 0 Å². The van der Waals surface area contributed by atoms with Crippen LogP contribution in [0.3, 0.4) is 0 Å². The quantitative estimate of drug-likeness (QED) is 0.798. The van der Waals surface area contributed by atoms with Crippen molar-refractivity contribution in [3.8, 4) is 0 Å². The third-order valence-electron chi connectivity index (χ3n) is 5.63. The average Bonchev–Trinajstić information content (AvgIpc) is 3.07. The van der Waals surface area contributed by atoms with Crippen molar-refractivity contribution in [2.75, 3.05) is 26.2 Å². The zero-order chi connectivity index (χ0) is 19.4. The van der Waals surface area contributed by atoms with Crippen LogP contribution in [0.25, 0.3) is 0 Å². The molecule has 7 heteroatoms. The van der Waals surface area contributed by atoms with Crippen LogP contribution < -0.4 is 5.32 Å². The molecule has 0 aliphatic carbocycles. The van der Waals surface area contributed by atoms with Crippen LogP contribution in [0.2, 0.25) is 0 Å². The number of nitrogens with one attached hydrogen (secondary N) is 1. The number of rotatable bonds is 5. The highest BCUT2D eigenvalue weighted by Gasteiger charge is 2.49. The first-order valence-corrected chi connectivity index (χ1v) is 9.71. The second kappa shape index (κ2) is 8.23. The predicted octanol–water partition coefficient (Wildman–Crippen LogP) is 3.29. The number of piperidine rings is 1. The van der Waals surface area contributed by atoms with E-state index >= 15 is 0 Å². The van der Waals surface area contributed by atoms with Crippen LogP contribution in [-0.2, 0) is 11.3 Å². The lowest BCUT2D eigenvalue weighted by molar-refractivity contribution is -0.146. The van der Waals surface area contributed by atoms with E-state index in [1.165, 1.54) is 6.07 Å². The summed E-state index contributed by atoms with van der Waals surface area (Å²) in [5, 5.41) is 2.91. The van der Waals surface area contributed by atoms with Gasteiger partial charge in [-0.3, -0.25) is 4.79 Å². The summed E-state index contributed by atoms with van der Waals surface area (Å²) in [6, 6.07) is 3.64. The second-order valence-electron chi connectivity index (χ2n) is 7.62. The van der Waals surface area contributed by atoms with Crippen molar-refractivity contribution < 1.29 is 18.4 Å². The molecule has 27 heavy (non-hydrogen) atoms. The van der Waals surface area contributed by atoms with E-state index in [4.69, 9.17) is 0 Å². The summed E-state index contributed by atoms with van der Waals surface area (Å²) >= 11 is 0. The lowest BCUT2D eigenvalue weighted by Gasteiger charge is -2.39. The molecule has 5 nitrogen and oxygen atoms in total. The Bertz CT molecular complexity index is 712. The van der Waals surface area contributed by atoms with E-state index in [1.807, 2.05) is 0 Å². The summed E-state index contributed by atoms with van der Waals surface area (Å²) in [7, 11) is 0. The molecule has 2 heterocycles. The van der Waals surface area contributed by atoms with Gasteiger partial charge in [0, 0.05) is 32.7 Å². The molecule has 2 aliphatic heterocycles. The highest BCUT2D eigenvalue weighted by molar-refractivity contribution is 5.85. The van der Waals surface area contributed by atoms with E-state index in [1.54, 1.807) is 9.80 Å². The van der Waals surface area contributed by atoms with Crippen LogP contribution in [0.5, 0.6) is 0 Å². The fraction of sp³-hybridized carbons (Fsp3) is 0.600. The average molecular weight is 379 g/mol. The first-order chi connectivity index (χ1) is 12.9. The Morgan fingerprint density at radius 1 is 1.22 bits per heavy atom. The van der Waals surface area contributed by atoms with Gasteiger partial charge in [0.25, 0.3) is 0 Å². The number of amides is 3. The first-order valence-electron chi connectivity index (χ1n) is 9.71. The molecule has 0 aromatic heterocycles. The molecule has 1 atom stereocenters. The minimum atomic E-state index is -0.900. The van der Waals surface area contributed by atoms with Gasteiger partial charge in [0.1, 0.15) is 0 Å². The topological polar surface area (TPSA) is 52.7 Å². The molecule has 2 fully saturated rings. The molecule has 2 saturated heterocycles. The largest absolute Gasteiger partial charge is 0.338 e. The van der Waals surface area contributed by atoms with Gasteiger partial charge in [-0.25, -0.2) is 13.6 Å². The zero-order valence-electron chi connectivity index (χ0n) is 15.8. The van der Waals surface area contributed by atoms with Crippen LogP contribution in [0, 0.1) is 17.0 Å². The van der Waals surface area contributed by atoms with Gasteiger partial charge < -0.3 is 15.1 Å². The Kier molecular flexibility index (Phi) is 5.97. The van der Waals surface area contributed by atoms with Crippen molar-refractivity contribution in [2.45, 2.75) is 45.6 Å². The molecule has 2 aliphatic rings. The molecule has 3 amide bonds. The van der Waals surface area contributed by atoms with Crippen molar-refractivity contribution >= 4 is 11.9 Å². The van der Waals surface area contributed by atoms with Crippen LogP contribution in [0.15, 0.2) is 18.2 Å². The number of nitrogens with zero attached hydrogens (tertiary/aromatic N) is 2. The molecule has 3 rings (SSSR count). The van der Waals surface area contributed by atoms with E-state index in [0.29, 0.717) is 38.2 Å². The Morgan fingerprint density at radius 2 is 2.04 bits per heavy atom. The van der Waals surface area contributed by atoms with Crippen LogP contribution in [0.4, 0.5) is 13.6 Å². The molecule has 0 radical (unpaired) electrons. The van der Waals surface area contributed by atoms with Gasteiger partial charge in [-0.1, -0.05) is 19.4 Å². The molecule has 1 aromatic carbocycles. The fourth-order valence-corrected chi connectivity index (χ4v) is 4.07. The maximum atomic E-state index is 13.5. The van der Waals surface area contributed by atoms with Gasteiger partial charge >= 0.3 is 6.03 Å². The Morgan fingerprint density at radius 3 is 2.78 bits per heavy atom. The number of urea groups is 1. The monoisotopic (exact) mass is 379 g/mol. The molecule has 1 spiro atoms. The fourth-order valence-electron chi connectivity index (χ4n) is 4.07. The maximum absolute atomic E-state index is 13.5. The van der Waals surface area contributed by atoms with Gasteiger partial charge in [0.2, 0.25) is 5.91 Å². The Labute approximate surface area is 158 Å². The molecular weight excluding hydrogens is 352 g/mol. The third-order valence-corrected chi connectivity index (χ3v) is 5.63. The third kappa shape index (κ3) is 4.22. The molecule has 1 aromatic rings. The summed E-state index contributed by atoms with van der Waals surface area (Å²) in [6.45, 7) is 4.58. The lowest BCUT2D eigenvalue weighted by atomic mass is 9.78. The molecule has 148 valence electrons. The van der Waals surface area contributed by atoms with E-state index in [-0.39, 0.29) is 18.5 Å². The zero-order valence-corrected chi connectivity index (χ0v) is 15.8. The number of benzene rings is 1. The highest BCUT2D eigenvalue weighted by Crippen LogP contribution is 2.40. The minimum Gasteiger partial charge on any atom is -0.338 e. The van der Waals surface area contributed by atoms with Gasteiger partial charge in [0.15, 0.2) is 11.6 Å². The number of carbonyl (C=O) groups excluding carboxylic acids is 2. The van der Waals surface area contributed by atoms with Crippen molar-refractivity contribution in [2.24, 2.45) is 5.41 Å². The van der Waals surface area contributed by atoms with E-state index in [2.05, 4.69) is 12.2 Å². The van der Waals surface area contributed by atoms with Gasteiger partial charge in [-0.2, -0.15) is 0 Å². The lowest BCUT2D eigenvalue weighted by Crippen LogP contribution is -2.50. The number of hydrogen-bond acceptors (Lipinski definition) is 2. The highest BCUT2D eigenvalue weighted by atomic mass is 19.2. The van der Waals surface area contributed by atoms with E-state index in [9.17, 15) is 18.4 Å². The second-order valence-corrected chi connectivity index (χ2v) is 7.62. The standard InChI is InChI=1S/C20H27F2N3O2/c1-2-3-9-23-19(27)25-11-8-20(14-25)7-4-10-24(18(20)26)13-15-5-6-16(21)17(22)12-15/h5-6,12H,2-4,7-11,13-14H2,1H3,(H,23,27)/t20-/m1/s1. The summed E-state index contributed by atoms with van der Waals surface area (Å²) in [6.07, 6.45) is 4.22. The molecule has 1 N–H and O–H groups in total. The van der Waals surface area contributed by atoms with Crippen LogP contribution in [-0.4, -0.2) is 47.9 Å².